The van der Waals surface area contributed by atoms with Crippen LogP contribution in [0.5, 0.6) is 0 Å². The molecule has 0 aliphatic heterocycles. The predicted molar refractivity (Wildman–Crippen MR) is 113 cm³/mol. The third kappa shape index (κ3) is 2.48. The van der Waals surface area contributed by atoms with Crippen LogP contribution in [0.3, 0.4) is 0 Å². The zero-order chi connectivity index (χ0) is 19.5. The maximum Gasteiger partial charge on any atom is 0.192 e. The fraction of sp³-hybridized carbons (Fsp3) is 0.440. The van der Waals surface area contributed by atoms with Gasteiger partial charge in [0.15, 0.2) is 5.78 Å². The van der Waals surface area contributed by atoms with Gasteiger partial charge in [0, 0.05) is 22.1 Å². The molecule has 0 N–H and O–H groups in total. The summed E-state index contributed by atoms with van der Waals surface area (Å²) < 4.78 is 0. The minimum absolute atomic E-state index is 0.112. The normalized spacial score (nSPS) is 39.0. The van der Waals surface area contributed by atoms with Crippen molar-refractivity contribution in [3.8, 4) is 0 Å². The number of hydrogen-bond acceptors (Lipinski definition) is 3. The van der Waals surface area contributed by atoms with E-state index in [0.29, 0.717) is 23.5 Å². The second-order valence-corrected chi connectivity index (χ2v) is 10.3. The molecule has 2 nitrogen and oxygen atoms in total. The summed E-state index contributed by atoms with van der Waals surface area (Å²) in [5, 5.41) is 0. The van der Waals surface area contributed by atoms with E-state index in [1.807, 2.05) is 18.2 Å². The minimum Gasteiger partial charge on any atom is -0.299 e. The van der Waals surface area contributed by atoms with E-state index in [-0.39, 0.29) is 16.6 Å². The van der Waals surface area contributed by atoms with Crippen molar-refractivity contribution in [1.82, 2.24) is 0 Å². The lowest BCUT2D eigenvalue weighted by atomic mass is 9.50. The van der Waals surface area contributed by atoms with Crippen LogP contribution in [0.1, 0.15) is 39.5 Å². The summed E-state index contributed by atoms with van der Waals surface area (Å²) in [5.41, 5.74) is 0.902. The van der Waals surface area contributed by atoms with E-state index in [1.54, 1.807) is 17.8 Å². The summed E-state index contributed by atoms with van der Waals surface area (Å²) in [6.45, 7) is 4.50. The SMILES string of the molecule is C[C@]12C=CC(=O)C(Sc3ccccc3)=C1C=C[C@@H]1[C@@H]2CC[C@]2(C)C(=O)CC[C@@H]12. The lowest BCUT2D eigenvalue weighted by Gasteiger charge is -2.53. The Balaban J connectivity index is 1.58. The Morgan fingerprint density at radius 2 is 1.79 bits per heavy atom. The van der Waals surface area contributed by atoms with Crippen molar-refractivity contribution >= 4 is 23.3 Å². The van der Waals surface area contributed by atoms with Crippen molar-refractivity contribution in [3.63, 3.8) is 0 Å². The van der Waals surface area contributed by atoms with Gasteiger partial charge in [-0.1, -0.05) is 62.0 Å². The third-order valence-corrected chi connectivity index (χ3v) is 9.02. The number of Topliss-reactive ketones (excluding diaryl/α,β-unsaturated/α-hetero) is 1. The Morgan fingerprint density at radius 1 is 1.00 bits per heavy atom. The highest BCUT2D eigenvalue weighted by molar-refractivity contribution is 8.04. The molecule has 2 fully saturated rings. The van der Waals surface area contributed by atoms with E-state index in [2.05, 4.69) is 44.2 Å². The van der Waals surface area contributed by atoms with Crippen molar-refractivity contribution in [1.29, 1.82) is 0 Å². The van der Waals surface area contributed by atoms with Gasteiger partial charge in [-0.15, -0.1) is 0 Å². The first kappa shape index (κ1) is 18.2. The number of carbonyl (C=O) groups excluding carboxylic acids is 2. The monoisotopic (exact) mass is 390 g/mol. The first-order valence-corrected chi connectivity index (χ1v) is 11.2. The van der Waals surface area contributed by atoms with Gasteiger partial charge in [-0.25, -0.2) is 0 Å². The van der Waals surface area contributed by atoms with Crippen LogP contribution in [-0.4, -0.2) is 11.6 Å². The summed E-state index contributed by atoms with van der Waals surface area (Å²) in [6, 6.07) is 10.2. The van der Waals surface area contributed by atoms with E-state index < -0.39 is 0 Å². The van der Waals surface area contributed by atoms with Crippen LogP contribution >= 0.6 is 11.8 Å². The Labute approximate surface area is 171 Å². The van der Waals surface area contributed by atoms with Crippen LogP contribution in [0, 0.1) is 28.6 Å². The fourth-order valence-corrected chi connectivity index (χ4v) is 7.32. The van der Waals surface area contributed by atoms with Crippen molar-refractivity contribution in [2.45, 2.75) is 44.4 Å². The molecule has 1 aromatic carbocycles. The van der Waals surface area contributed by atoms with Crippen LogP contribution in [0.15, 0.2) is 70.0 Å². The molecule has 5 atom stereocenters. The average Bonchev–Trinajstić information content (AvgIpc) is 3.00. The smallest absolute Gasteiger partial charge is 0.192 e. The number of fused-ring (bicyclic) bond motifs is 5. The van der Waals surface area contributed by atoms with E-state index in [1.165, 1.54) is 5.57 Å². The molecule has 4 aliphatic carbocycles. The number of allylic oxidation sites excluding steroid dienone is 6. The molecule has 0 amide bonds. The molecule has 0 heterocycles. The maximum absolute atomic E-state index is 12.8. The van der Waals surface area contributed by atoms with E-state index >= 15 is 0 Å². The fourth-order valence-electron chi connectivity index (χ4n) is 6.22. The molecule has 2 saturated carbocycles. The van der Waals surface area contributed by atoms with Crippen LogP contribution in [0.25, 0.3) is 0 Å². The first-order chi connectivity index (χ1) is 13.4. The molecule has 0 radical (unpaired) electrons. The van der Waals surface area contributed by atoms with E-state index in [9.17, 15) is 9.59 Å². The minimum atomic E-state index is -0.140. The number of hydrogen-bond donors (Lipinski definition) is 0. The molecule has 5 rings (SSSR count). The largest absolute Gasteiger partial charge is 0.299 e. The van der Waals surface area contributed by atoms with Gasteiger partial charge in [-0.2, -0.15) is 0 Å². The Kier molecular flexibility index (Phi) is 4.10. The van der Waals surface area contributed by atoms with E-state index in [4.69, 9.17) is 0 Å². The predicted octanol–water partition coefficient (Wildman–Crippen LogP) is 5.76. The lowest BCUT2D eigenvalue weighted by Crippen LogP contribution is -2.48. The van der Waals surface area contributed by atoms with Crippen LogP contribution < -0.4 is 0 Å². The summed E-state index contributed by atoms with van der Waals surface area (Å²) in [4.78, 5) is 27.3. The first-order valence-electron chi connectivity index (χ1n) is 10.4. The molecule has 144 valence electrons. The topological polar surface area (TPSA) is 34.1 Å². The number of ketones is 2. The van der Waals surface area contributed by atoms with Crippen molar-refractivity contribution < 1.29 is 9.59 Å². The molecular formula is C25H26O2S. The van der Waals surface area contributed by atoms with Crippen LogP contribution in [-0.2, 0) is 9.59 Å². The van der Waals surface area contributed by atoms with Gasteiger partial charge in [0.25, 0.3) is 0 Å². The van der Waals surface area contributed by atoms with Gasteiger partial charge in [-0.05, 0) is 60.8 Å². The van der Waals surface area contributed by atoms with Crippen LogP contribution in [0.2, 0.25) is 0 Å². The molecule has 0 bridgehead atoms. The van der Waals surface area contributed by atoms with Crippen LogP contribution in [0.4, 0.5) is 0 Å². The molecule has 0 unspecified atom stereocenters. The van der Waals surface area contributed by atoms with E-state index in [0.717, 1.165) is 35.5 Å². The zero-order valence-corrected chi connectivity index (χ0v) is 17.3. The molecule has 0 spiro atoms. The number of carbonyl (C=O) groups is 2. The number of thioether (sulfide) groups is 1. The van der Waals surface area contributed by atoms with Gasteiger partial charge in [0.2, 0.25) is 0 Å². The standard InChI is InChI=1S/C25H26O2S/c1-24-15-13-21(26)23(28-16-6-4-3-5-7-16)20(24)9-8-17-18-10-11-22(27)25(18,2)14-12-19(17)24/h3-9,13,15,17-19H,10-12,14H2,1-2H3/t17-,18-,19-,24+,25-/m0/s1. The Bertz CT molecular complexity index is 941. The van der Waals surface area contributed by atoms with Gasteiger partial charge < -0.3 is 0 Å². The summed E-state index contributed by atoms with van der Waals surface area (Å²) in [6.07, 6.45) is 12.3. The van der Waals surface area contributed by atoms with Gasteiger partial charge >= 0.3 is 0 Å². The van der Waals surface area contributed by atoms with Crippen molar-refractivity contribution in [2.24, 2.45) is 28.6 Å². The molecule has 3 heteroatoms. The Hall–Kier alpha value is -1.87. The van der Waals surface area contributed by atoms with Gasteiger partial charge in [-0.3, -0.25) is 9.59 Å². The zero-order valence-electron chi connectivity index (χ0n) is 16.5. The molecule has 1 aromatic rings. The molecule has 28 heavy (non-hydrogen) atoms. The molecular weight excluding hydrogens is 364 g/mol. The Morgan fingerprint density at radius 3 is 2.57 bits per heavy atom. The average molecular weight is 391 g/mol. The number of benzene rings is 1. The number of rotatable bonds is 2. The van der Waals surface area contributed by atoms with Gasteiger partial charge in [0.05, 0.1) is 4.91 Å². The highest BCUT2D eigenvalue weighted by Gasteiger charge is 2.57. The third-order valence-electron chi connectivity index (χ3n) is 7.89. The molecule has 0 saturated heterocycles. The lowest BCUT2D eigenvalue weighted by molar-refractivity contribution is -0.130. The molecule has 0 aromatic heterocycles. The quantitative estimate of drug-likeness (QED) is 0.644. The maximum atomic E-state index is 12.8. The second-order valence-electron chi connectivity index (χ2n) is 9.21. The summed E-state index contributed by atoms with van der Waals surface area (Å²) >= 11 is 1.59. The van der Waals surface area contributed by atoms with Crippen molar-refractivity contribution in [3.05, 3.63) is 65.1 Å². The highest BCUT2D eigenvalue weighted by atomic mass is 32.2. The summed E-state index contributed by atoms with van der Waals surface area (Å²) in [5.74, 6) is 1.92. The summed E-state index contributed by atoms with van der Waals surface area (Å²) in [7, 11) is 0. The second kappa shape index (κ2) is 6.32. The van der Waals surface area contributed by atoms with Crippen molar-refractivity contribution in [2.75, 3.05) is 0 Å². The molecule has 4 aliphatic rings. The highest BCUT2D eigenvalue weighted by Crippen LogP contribution is 2.62. The van der Waals surface area contributed by atoms with Gasteiger partial charge in [0.1, 0.15) is 5.78 Å².